The molecule has 24 heteroatoms. The van der Waals surface area contributed by atoms with Crippen molar-refractivity contribution in [2.45, 2.75) is 134 Å². The Kier molecular flexibility index (Phi) is 21.2. The molecule has 3 rings (SSSR count). The summed E-state index contributed by atoms with van der Waals surface area (Å²) in [7, 11) is 1.49. The zero-order chi connectivity index (χ0) is 53.9. The molecule has 13 N–H and O–H groups in total. The summed E-state index contributed by atoms with van der Waals surface area (Å²) in [6.07, 6.45) is -1.19. The van der Waals surface area contributed by atoms with Crippen LogP contribution in [0, 0.1) is 11.8 Å². The lowest BCUT2D eigenvalue weighted by Gasteiger charge is -2.31. The first kappa shape index (κ1) is 51.9. The quantitative estimate of drug-likeness (QED) is 0.0728. The lowest BCUT2D eigenvalue weighted by Crippen LogP contribution is -2.61. The molecule has 1 aromatic carbocycles. The van der Waals surface area contributed by atoms with E-state index in [9.17, 15) is 52.7 Å². The minimum atomic E-state index is -2.53. The van der Waals surface area contributed by atoms with Crippen LogP contribution in [0.25, 0.3) is 0 Å². The number of nitrogens with one attached hydrogen (secondary N) is 7. The maximum absolute atomic E-state index is 14.5. The highest BCUT2D eigenvalue weighted by molar-refractivity contribution is 7.99. The molecular weight excluding hydrogens is 919 g/mol. The number of hydrogen-bond donors (Lipinski definition) is 10. The van der Waals surface area contributed by atoms with Gasteiger partial charge in [0.1, 0.15) is 48.0 Å². The van der Waals surface area contributed by atoms with Crippen LogP contribution < -0.4 is 59.2 Å². The van der Waals surface area contributed by atoms with Gasteiger partial charge < -0.3 is 64.1 Å². The summed E-state index contributed by atoms with van der Waals surface area (Å²) in [6, 6.07) is -3.24. The third-order valence-corrected chi connectivity index (χ3v) is 12.6. The molecule has 9 atom stereocenters. The summed E-state index contributed by atoms with van der Waals surface area (Å²) >= 11 is 1.13. The fraction of sp³-hybridized carbons (Fsp3) is 0.622. The molecule has 11 amide bonds. The van der Waals surface area contributed by atoms with E-state index >= 15 is 0 Å². The van der Waals surface area contributed by atoms with Gasteiger partial charge in [-0.05, 0) is 67.4 Å². The summed E-state index contributed by atoms with van der Waals surface area (Å²) in [4.78, 5) is 148. The van der Waals surface area contributed by atoms with Gasteiger partial charge in [0.15, 0.2) is 0 Å². The van der Waals surface area contributed by atoms with E-state index in [0.29, 0.717) is 17.7 Å². The molecule has 2 heterocycles. The van der Waals surface area contributed by atoms with E-state index in [1.807, 2.05) is 0 Å². The van der Waals surface area contributed by atoms with Crippen molar-refractivity contribution in [2.75, 3.05) is 31.7 Å². The third-order valence-electron chi connectivity index (χ3n) is 11.5. The van der Waals surface area contributed by atoms with Gasteiger partial charge in [-0.2, -0.15) is 11.8 Å². The van der Waals surface area contributed by atoms with Crippen molar-refractivity contribution in [1.29, 1.82) is 0 Å². The molecule has 0 bridgehead atoms. The Morgan fingerprint density at radius 2 is 1.52 bits per heavy atom. The number of ether oxygens (including phenoxy) is 1. The molecule has 2 saturated heterocycles. The number of rotatable bonds is 18. The van der Waals surface area contributed by atoms with Crippen molar-refractivity contribution >= 4 is 76.7 Å². The summed E-state index contributed by atoms with van der Waals surface area (Å²) in [5.41, 5.74) is 16.7. The summed E-state index contributed by atoms with van der Waals surface area (Å²) < 4.78 is 28.6. The van der Waals surface area contributed by atoms with Crippen LogP contribution in [0.3, 0.4) is 0 Å². The molecule has 382 valence electrons. The fourth-order valence-electron chi connectivity index (χ4n) is 7.57. The number of methoxy groups -OCH3 is 1. The monoisotopic (exact) mass is 991 g/mol. The molecule has 2 aliphatic rings. The van der Waals surface area contributed by atoms with Crippen molar-refractivity contribution in [1.82, 2.24) is 42.1 Å². The Morgan fingerprint density at radius 1 is 0.855 bits per heavy atom. The number of nitrogens with two attached hydrogens (primary N) is 3. The highest BCUT2D eigenvalue weighted by Gasteiger charge is 2.40. The van der Waals surface area contributed by atoms with Crippen molar-refractivity contribution in [3.8, 4) is 5.75 Å². The van der Waals surface area contributed by atoms with Crippen molar-refractivity contribution in [3.05, 3.63) is 29.8 Å². The van der Waals surface area contributed by atoms with Gasteiger partial charge in [-0.25, -0.2) is 0 Å². The zero-order valence-corrected chi connectivity index (χ0v) is 40.2. The lowest BCUT2D eigenvalue weighted by atomic mass is 9.96. The first-order valence-electron chi connectivity index (χ1n) is 24.3. The molecule has 1 aromatic rings. The van der Waals surface area contributed by atoms with E-state index in [2.05, 4.69) is 37.2 Å². The maximum atomic E-state index is 14.5. The molecule has 2 fully saturated rings. The zero-order valence-electron chi connectivity index (χ0n) is 42.4. The highest BCUT2D eigenvalue weighted by atomic mass is 32.2. The van der Waals surface area contributed by atoms with Crippen LogP contribution in [0.2, 0.25) is 0 Å². The number of amides is 11. The van der Waals surface area contributed by atoms with Gasteiger partial charge in [0.2, 0.25) is 65.0 Å². The van der Waals surface area contributed by atoms with E-state index < -0.39 is 152 Å². The fourth-order valence-corrected chi connectivity index (χ4v) is 8.54. The smallest absolute Gasteiger partial charge is 0.246 e. The summed E-state index contributed by atoms with van der Waals surface area (Å²) in [5, 5.41) is 17.7. The van der Waals surface area contributed by atoms with Crippen LogP contribution in [0.4, 0.5) is 0 Å². The van der Waals surface area contributed by atoms with Crippen molar-refractivity contribution in [3.63, 3.8) is 0 Å². The van der Waals surface area contributed by atoms with E-state index in [4.69, 9.17) is 26.1 Å². The van der Waals surface area contributed by atoms with Gasteiger partial charge in [0.05, 0.1) is 20.1 Å². The van der Waals surface area contributed by atoms with Gasteiger partial charge in [-0.1, -0.05) is 46.2 Å². The molecule has 2 aliphatic heterocycles. The number of carbonyl (C=O) groups is 11. The highest BCUT2D eigenvalue weighted by Crippen LogP contribution is 2.22. The number of likely N-dealkylation sites (tertiary alicyclic amines) is 1. The van der Waals surface area contributed by atoms with Crippen molar-refractivity contribution < 1.29 is 61.6 Å². The standard InChI is InChI=1S/C45H69N11O12S/c1-6-25(4)38-44(66)51-28(15-16-34(46)57)40(62)52-31(21-35(47)58)41(63)54-32(23-69-18-8-10-37(60)50-30(42(64)55-38)20-26-11-13-27(68-5)14-12-26)45(67)56-17-7-9-33(56)43(65)53-29(19-24(2)3)39(61)49-22-36(48)59/h11-14,24-25,28-33,38H,6-10,15-23H2,1-5H3,(H2,46,57)(H2,47,58)(H2,48,59)(H,49,61)(H,50,60)(H,51,66)(H,52,62)(H,53,65)(H,54,63)(H,55,64)/t25-,28-,29-,30-,31-,32-,33-,38-/m0/s1/i2D3/t24-,25-,28-,29-,30-,31-,32-,33-,38-. The van der Waals surface area contributed by atoms with Crippen LogP contribution in [0.15, 0.2) is 24.3 Å². The average molecular weight is 991 g/mol. The Bertz CT molecular complexity index is 2140. The van der Waals surface area contributed by atoms with Crippen LogP contribution in [-0.4, -0.2) is 144 Å². The first-order chi connectivity index (χ1) is 33.8. The van der Waals surface area contributed by atoms with E-state index in [0.717, 1.165) is 16.7 Å². The number of benzene rings is 1. The lowest BCUT2D eigenvalue weighted by molar-refractivity contribution is -0.142. The van der Waals surface area contributed by atoms with Crippen LogP contribution >= 0.6 is 11.8 Å². The minimum Gasteiger partial charge on any atom is -0.497 e. The Hall–Kier alpha value is -6.46. The van der Waals surface area contributed by atoms with Crippen molar-refractivity contribution in [2.24, 2.45) is 29.0 Å². The number of nitrogens with zero attached hydrogens (tertiary/aromatic N) is 1. The predicted octanol–water partition coefficient (Wildman–Crippen LogP) is -2.50. The second-order valence-electron chi connectivity index (χ2n) is 17.2. The minimum absolute atomic E-state index is 0.000426. The normalized spacial score (nSPS) is 24.4. The second-order valence-corrected chi connectivity index (χ2v) is 18.3. The predicted molar refractivity (Wildman–Crippen MR) is 253 cm³/mol. The molecule has 0 spiro atoms. The average Bonchev–Trinajstić information content (AvgIpc) is 3.82. The Morgan fingerprint density at radius 3 is 2.14 bits per heavy atom. The molecular formula is C45H69N11O12S. The Balaban J connectivity index is 2.04. The molecule has 0 unspecified atom stereocenters. The SMILES string of the molecule is [2H]C([2H])([2H])[C@@H](C)C[C@H](NC(=O)[C@@H]1CCCN1C(=O)[C@@H]1CSCCCC(=O)N[C@@H](Cc2ccc(OC)cc2)C(=O)N[C@@H]([C@@H](C)CC)C(=O)N[C@@H](CCC(N)=O)C(=O)N[C@@H](CC(N)=O)C(=O)N1)C(=O)NCC(N)=O. The maximum Gasteiger partial charge on any atom is 0.246 e. The number of hydrogen-bond acceptors (Lipinski definition) is 13. The van der Waals surface area contributed by atoms with Gasteiger partial charge in [0.25, 0.3) is 0 Å². The second kappa shape index (κ2) is 28.1. The molecule has 0 aromatic heterocycles. The topological polar surface area (TPSA) is 363 Å². The summed E-state index contributed by atoms with van der Waals surface area (Å²) in [6.45, 7) is 1.64. The molecule has 0 saturated carbocycles. The third kappa shape index (κ3) is 18.9. The van der Waals surface area contributed by atoms with Gasteiger partial charge in [-0.15, -0.1) is 0 Å². The molecule has 69 heavy (non-hydrogen) atoms. The first-order valence-corrected chi connectivity index (χ1v) is 23.9. The summed E-state index contributed by atoms with van der Waals surface area (Å²) in [5.74, 6) is -10.6. The Labute approximate surface area is 410 Å². The molecule has 0 radical (unpaired) electrons. The van der Waals surface area contributed by atoms with E-state index in [1.54, 1.807) is 38.1 Å². The number of thioether (sulfide) groups is 1. The van der Waals surface area contributed by atoms with Crippen LogP contribution in [0.5, 0.6) is 5.75 Å². The largest absolute Gasteiger partial charge is 0.497 e. The van der Waals surface area contributed by atoms with Crippen LogP contribution in [-0.2, 0) is 59.2 Å². The molecule has 0 aliphatic carbocycles. The number of carbonyl (C=O) groups excluding carboxylic acids is 11. The van der Waals surface area contributed by atoms with Gasteiger partial charge >= 0.3 is 0 Å². The van der Waals surface area contributed by atoms with Gasteiger partial charge in [-0.3, -0.25) is 52.7 Å². The van der Waals surface area contributed by atoms with E-state index in [-0.39, 0.29) is 56.6 Å². The van der Waals surface area contributed by atoms with E-state index in [1.165, 1.54) is 14.0 Å². The molecule has 23 nitrogen and oxygen atoms in total. The number of primary amides is 3. The van der Waals surface area contributed by atoms with Gasteiger partial charge in [0, 0.05) is 35.7 Å². The van der Waals surface area contributed by atoms with Crippen LogP contribution in [0.1, 0.15) is 95.1 Å².